The SMILES string of the molecule is CCC(NC)c1cc(Cl)co1. The lowest BCUT2D eigenvalue weighted by Crippen LogP contribution is -2.14. The maximum Gasteiger partial charge on any atom is 0.122 e. The van der Waals surface area contributed by atoms with Gasteiger partial charge in [-0.05, 0) is 19.5 Å². The van der Waals surface area contributed by atoms with Crippen LogP contribution in [0.3, 0.4) is 0 Å². The molecular weight excluding hydrogens is 162 g/mol. The van der Waals surface area contributed by atoms with Crippen molar-refractivity contribution in [3.05, 3.63) is 23.1 Å². The molecule has 1 aromatic heterocycles. The van der Waals surface area contributed by atoms with Crippen LogP contribution in [0.15, 0.2) is 16.7 Å². The average Bonchev–Trinajstić information content (AvgIpc) is 2.39. The van der Waals surface area contributed by atoms with E-state index < -0.39 is 0 Å². The zero-order chi connectivity index (χ0) is 8.27. The van der Waals surface area contributed by atoms with Gasteiger partial charge in [0, 0.05) is 0 Å². The summed E-state index contributed by atoms with van der Waals surface area (Å²) < 4.78 is 5.21. The van der Waals surface area contributed by atoms with Gasteiger partial charge in [0.2, 0.25) is 0 Å². The van der Waals surface area contributed by atoms with E-state index in [9.17, 15) is 0 Å². The van der Waals surface area contributed by atoms with Crippen molar-refractivity contribution >= 4 is 11.6 Å². The molecule has 62 valence electrons. The standard InChI is InChI=1S/C8H12ClNO/c1-3-7(10-2)8-4-6(9)5-11-8/h4-5,7,10H,3H2,1-2H3. The lowest BCUT2D eigenvalue weighted by atomic mass is 10.2. The van der Waals surface area contributed by atoms with E-state index in [4.69, 9.17) is 16.0 Å². The first kappa shape index (κ1) is 8.62. The molecule has 1 aromatic rings. The maximum atomic E-state index is 5.70. The summed E-state index contributed by atoms with van der Waals surface area (Å²) in [5.41, 5.74) is 0. The zero-order valence-corrected chi connectivity index (χ0v) is 7.48. The van der Waals surface area contributed by atoms with Crippen molar-refractivity contribution in [2.24, 2.45) is 0 Å². The summed E-state index contributed by atoms with van der Waals surface area (Å²) >= 11 is 5.70. The van der Waals surface area contributed by atoms with Crippen molar-refractivity contribution in [2.45, 2.75) is 19.4 Å². The molecule has 0 aliphatic heterocycles. The van der Waals surface area contributed by atoms with Crippen LogP contribution in [0, 0.1) is 0 Å². The summed E-state index contributed by atoms with van der Waals surface area (Å²) in [6.07, 6.45) is 2.55. The summed E-state index contributed by atoms with van der Waals surface area (Å²) in [5, 5.41) is 3.79. The predicted molar refractivity (Wildman–Crippen MR) is 45.8 cm³/mol. The second-order valence-electron chi connectivity index (χ2n) is 2.42. The van der Waals surface area contributed by atoms with Gasteiger partial charge < -0.3 is 9.73 Å². The molecule has 0 aliphatic carbocycles. The van der Waals surface area contributed by atoms with Crippen LogP contribution >= 0.6 is 11.6 Å². The van der Waals surface area contributed by atoms with Gasteiger partial charge >= 0.3 is 0 Å². The fraction of sp³-hybridized carbons (Fsp3) is 0.500. The van der Waals surface area contributed by atoms with Crippen molar-refractivity contribution in [2.75, 3.05) is 7.05 Å². The van der Waals surface area contributed by atoms with Crippen LogP contribution in [0.1, 0.15) is 25.1 Å². The molecule has 0 bridgehead atoms. The normalized spacial score (nSPS) is 13.4. The van der Waals surface area contributed by atoms with Crippen molar-refractivity contribution in [1.82, 2.24) is 5.32 Å². The van der Waals surface area contributed by atoms with Crippen molar-refractivity contribution in [3.63, 3.8) is 0 Å². The van der Waals surface area contributed by atoms with Gasteiger partial charge in [0.25, 0.3) is 0 Å². The Morgan fingerprint density at radius 3 is 2.82 bits per heavy atom. The Morgan fingerprint density at radius 2 is 2.45 bits per heavy atom. The molecule has 0 aliphatic rings. The molecular formula is C8H12ClNO. The molecule has 1 rings (SSSR count). The van der Waals surface area contributed by atoms with E-state index >= 15 is 0 Å². The molecule has 0 saturated carbocycles. The fourth-order valence-corrected chi connectivity index (χ4v) is 1.21. The molecule has 3 heteroatoms. The maximum absolute atomic E-state index is 5.70. The van der Waals surface area contributed by atoms with Crippen molar-refractivity contribution in [1.29, 1.82) is 0 Å². The number of nitrogens with one attached hydrogen (secondary N) is 1. The van der Waals surface area contributed by atoms with Crippen molar-refractivity contribution in [3.8, 4) is 0 Å². The summed E-state index contributed by atoms with van der Waals surface area (Å²) in [5.74, 6) is 0.903. The number of furan rings is 1. The Hall–Kier alpha value is -0.470. The van der Waals surface area contributed by atoms with E-state index in [-0.39, 0.29) is 6.04 Å². The second-order valence-corrected chi connectivity index (χ2v) is 2.85. The Morgan fingerprint density at radius 1 is 1.73 bits per heavy atom. The predicted octanol–water partition coefficient (Wildman–Crippen LogP) is 2.60. The number of hydrogen-bond acceptors (Lipinski definition) is 2. The van der Waals surface area contributed by atoms with E-state index in [0.717, 1.165) is 12.2 Å². The second kappa shape index (κ2) is 3.79. The van der Waals surface area contributed by atoms with Crippen LogP contribution in [0.4, 0.5) is 0 Å². The smallest absolute Gasteiger partial charge is 0.122 e. The molecule has 0 fully saturated rings. The molecule has 0 saturated heterocycles. The molecule has 1 N–H and O–H groups in total. The minimum atomic E-state index is 0.280. The third-order valence-corrected chi connectivity index (χ3v) is 1.89. The monoisotopic (exact) mass is 173 g/mol. The summed E-state index contributed by atoms with van der Waals surface area (Å²) in [7, 11) is 1.91. The minimum Gasteiger partial charge on any atom is -0.466 e. The van der Waals surface area contributed by atoms with Crippen LogP contribution in [-0.4, -0.2) is 7.05 Å². The fourth-order valence-electron chi connectivity index (χ4n) is 1.06. The van der Waals surface area contributed by atoms with Crippen molar-refractivity contribution < 1.29 is 4.42 Å². The molecule has 1 unspecified atom stereocenters. The van der Waals surface area contributed by atoms with Gasteiger partial charge in [-0.15, -0.1) is 0 Å². The number of hydrogen-bond donors (Lipinski definition) is 1. The topological polar surface area (TPSA) is 25.2 Å². The van der Waals surface area contributed by atoms with Crippen LogP contribution in [0.5, 0.6) is 0 Å². The van der Waals surface area contributed by atoms with Gasteiger partial charge in [0.05, 0.1) is 11.1 Å². The lowest BCUT2D eigenvalue weighted by molar-refractivity contribution is 0.424. The molecule has 2 nitrogen and oxygen atoms in total. The van der Waals surface area contributed by atoms with E-state index in [0.29, 0.717) is 5.02 Å². The first-order valence-corrected chi connectivity index (χ1v) is 4.07. The first-order valence-electron chi connectivity index (χ1n) is 3.69. The van der Waals surface area contributed by atoms with Gasteiger partial charge in [-0.2, -0.15) is 0 Å². The third-order valence-electron chi connectivity index (χ3n) is 1.69. The Labute approximate surface area is 71.5 Å². The van der Waals surface area contributed by atoms with Gasteiger partial charge in [0.1, 0.15) is 12.0 Å². The Kier molecular flexibility index (Phi) is 2.97. The van der Waals surface area contributed by atoms with Crippen LogP contribution in [0.2, 0.25) is 5.02 Å². The first-order chi connectivity index (χ1) is 5.27. The van der Waals surface area contributed by atoms with E-state index in [1.807, 2.05) is 13.1 Å². The van der Waals surface area contributed by atoms with Gasteiger partial charge in [0.15, 0.2) is 0 Å². The number of rotatable bonds is 3. The van der Waals surface area contributed by atoms with Gasteiger partial charge in [-0.1, -0.05) is 18.5 Å². The molecule has 0 radical (unpaired) electrons. The summed E-state index contributed by atoms with van der Waals surface area (Å²) in [6.45, 7) is 2.09. The highest BCUT2D eigenvalue weighted by atomic mass is 35.5. The zero-order valence-electron chi connectivity index (χ0n) is 6.73. The summed E-state index contributed by atoms with van der Waals surface area (Å²) in [6, 6.07) is 2.12. The van der Waals surface area contributed by atoms with Gasteiger partial charge in [-0.3, -0.25) is 0 Å². The minimum absolute atomic E-state index is 0.280. The number of halogens is 1. The Bertz CT molecular complexity index is 218. The highest BCUT2D eigenvalue weighted by Crippen LogP contribution is 2.21. The molecule has 11 heavy (non-hydrogen) atoms. The molecule has 1 heterocycles. The quantitative estimate of drug-likeness (QED) is 0.760. The molecule has 0 spiro atoms. The van der Waals surface area contributed by atoms with Crippen LogP contribution < -0.4 is 5.32 Å². The van der Waals surface area contributed by atoms with E-state index in [1.54, 1.807) is 6.26 Å². The van der Waals surface area contributed by atoms with Crippen LogP contribution in [0.25, 0.3) is 0 Å². The molecule has 0 amide bonds. The van der Waals surface area contributed by atoms with Gasteiger partial charge in [-0.25, -0.2) is 0 Å². The highest BCUT2D eigenvalue weighted by Gasteiger charge is 2.09. The van der Waals surface area contributed by atoms with E-state index in [2.05, 4.69) is 12.2 Å². The lowest BCUT2D eigenvalue weighted by Gasteiger charge is -2.08. The third kappa shape index (κ3) is 1.98. The Balaban J connectivity index is 2.73. The summed E-state index contributed by atoms with van der Waals surface area (Å²) in [4.78, 5) is 0. The molecule has 0 aromatic carbocycles. The van der Waals surface area contributed by atoms with Crippen LogP contribution in [-0.2, 0) is 0 Å². The average molecular weight is 174 g/mol. The largest absolute Gasteiger partial charge is 0.466 e. The van der Waals surface area contributed by atoms with E-state index in [1.165, 1.54) is 0 Å². The molecule has 1 atom stereocenters. The highest BCUT2D eigenvalue weighted by molar-refractivity contribution is 6.30.